The Kier molecular flexibility index (Phi) is 6.69. The van der Waals surface area contributed by atoms with Gasteiger partial charge in [0.25, 0.3) is 5.56 Å². The second-order valence-corrected chi connectivity index (χ2v) is 9.76. The number of carboxylic acid groups (broad SMARTS) is 1. The van der Waals surface area contributed by atoms with Crippen molar-refractivity contribution in [3.8, 4) is 11.3 Å². The topological polar surface area (TPSA) is 111 Å². The van der Waals surface area contributed by atoms with Crippen molar-refractivity contribution in [2.75, 3.05) is 6.61 Å². The van der Waals surface area contributed by atoms with E-state index in [0.29, 0.717) is 32.1 Å². The Balaban J connectivity index is 1.60. The Morgan fingerprint density at radius 2 is 1.89 bits per heavy atom. The van der Waals surface area contributed by atoms with E-state index in [-0.39, 0.29) is 17.7 Å². The minimum Gasteiger partial charge on any atom is -0.478 e. The van der Waals surface area contributed by atoms with Crippen LogP contribution in [0.3, 0.4) is 0 Å². The Bertz CT molecular complexity index is 1780. The molecule has 8 nitrogen and oxygen atoms in total. The van der Waals surface area contributed by atoms with Crippen molar-refractivity contribution in [1.29, 1.82) is 0 Å². The highest BCUT2D eigenvalue weighted by Crippen LogP contribution is 2.31. The third-order valence-electron chi connectivity index (χ3n) is 6.27. The maximum Gasteiger partial charge on any atom is 0.338 e. The molecule has 38 heavy (non-hydrogen) atoms. The molecule has 3 heterocycles. The smallest absolute Gasteiger partial charge is 0.338 e. The Morgan fingerprint density at radius 3 is 2.58 bits per heavy atom. The van der Waals surface area contributed by atoms with Crippen molar-refractivity contribution in [2.24, 2.45) is 4.99 Å². The summed E-state index contributed by atoms with van der Waals surface area (Å²) in [6, 6.07) is 17.0. The number of ether oxygens (including phenoxy) is 1. The first-order valence-electron chi connectivity index (χ1n) is 12.0. The van der Waals surface area contributed by atoms with E-state index in [2.05, 4.69) is 4.99 Å². The van der Waals surface area contributed by atoms with Crippen LogP contribution in [0.25, 0.3) is 17.4 Å². The molecule has 5 rings (SSSR count). The molecule has 0 aliphatic carbocycles. The normalized spacial score (nSPS) is 15.2. The summed E-state index contributed by atoms with van der Waals surface area (Å²) in [5.74, 6) is -0.479. The predicted octanol–water partition coefficient (Wildman–Crippen LogP) is 4.06. The lowest BCUT2D eigenvalue weighted by molar-refractivity contribution is -0.139. The van der Waals surface area contributed by atoms with Gasteiger partial charge in [-0.15, -0.1) is 0 Å². The van der Waals surface area contributed by atoms with Crippen LogP contribution in [0.1, 0.15) is 47.1 Å². The predicted molar refractivity (Wildman–Crippen MR) is 143 cm³/mol. The van der Waals surface area contributed by atoms with Gasteiger partial charge in [0.1, 0.15) is 11.5 Å². The molecule has 0 radical (unpaired) electrons. The molecule has 0 unspecified atom stereocenters. The Hall–Kier alpha value is -4.50. The number of aromatic carboxylic acids is 1. The first kappa shape index (κ1) is 25.2. The van der Waals surface area contributed by atoms with Gasteiger partial charge < -0.3 is 14.3 Å². The van der Waals surface area contributed by atoms with Crippen LogP contribution >= 0.6 is 11.3 Å². The number of fused-ring (bicyclic) bond motifs is 1. The van der Waals surface area contributed by atoms with E-state index in [1.807, 2.05) is 37.3 Å². The number of esters is 1. The molecule has 2 aromatic carbocycles. The maximum absolute atomic E-state index is 13.7. The molecule has 0 amide bonds. The van der Waals surface area contributed by atoms with Crippen LogP contribution in [-0.4, -0.2) is 28.2 Å². The summed E-state index contributed by atoms with van der Waals surface area (Å²) in [4.78, 5) is 42.9. The van der Waals surface area contributed by atoms with Gasteiger partial charge in [-0.2, -0.15) is 0 Å². The number of nitrogens with zero attached hydrogens (tertiary/aromatic N) is 2. The first-order valence-corrected chi connectivity index (χ1v) is 12.8. The number of aromatic nitrogens is 1. The highest BCUT2D eigenvalue weighted by atomic mass is 32.1. The van der Waals surface area contributed by atoms with Crippen LogP contribution in [0.5, 0.6) is 0 Å². The third kappa shape index (κ3) is 4.52. The molecular weight excluding hydrogens is 504 g/mol. The van der Waals surface area contributed by atoms with E-state index < -0.39 is 18.0 Å². The molecule has 0 saturated heterocycles. The molecule has 0 spiro atoms. The number of carbonyl (C=O) groups excluding carboxylic acids is 1. The quantitative estimate of drug-likeness (QED) is 0.378. The standard InChI is InChI=1S/C29H24N2O6S/c1-4-36-28(35)24-17(3)30-29-31(25(24)18-8-6-5-7-9-18)26(32)23(38-29)15-20-11-13-22(37-20)21-12-10-19(27(33)34)14-16(21)2/h5-15,25H,4H2,1-3H3,(H,33,34)/t25-/m0/s1. The van der Waals surface area contributed by atoms with Gasteiger partial charge in [0.2, 0.25) is 0 Å². The Labute approximate surface area is 221 Å². The lowest BCUT2D eigenvalue weighted by atomic mass is 9.96. The summed E-state index contributed by atoms with van der Waals surface area (Å²) in [7, 11) is 0. The molecule has 1 aliphatic heterocycles. The van der Waals surface area contributed by atoms with Crippen LogP contribution in [0.15, 0.2) is 86.1 Å². The lowest BCUT2D eigenvalue weighted by Crippen LogP contribution is -2.39. The first-order chi connectivity index (χ1) is 18.3. The second-order valence-electron chi connectivity index (χ2n) is 8.75. The number of hydrogen-bond acceptors (Lipinski definition) is 7. The summed E-state index contributed by atoms with van der Waals surface area (Å²) in [6.45, 7) is 5.51. The van der Waals surface area contributed by atoms with E-state index >= 15 is 0 Å². The van der Waals surface area contributed by atoms with Gasteiger partial charge in [-0.3, -0.25) is 9.36 Å². The minimum absolute atomic E-state index is 0.199. The number of furan rings is 1. The number of rotatable bonds is 6. The number of thiazole rings is 1. The number of aryl methyl sites for hydroxylation is 1. The van der Waals surface area contributed by atoms with E-state index in [9.17, 15) is 19.5 Å². The number of carbonyl (C=O) groups is 2. The summed E-state index contributed by atoms with van der Waals surface area (Å²) in [5.41, 5.74) is 3.03. The largest absolute Gasteiger partial charge is 0.478 e. The number of carboxylic acids is 1. The fraction of sp³-hybridized carbons (Fsp3) is 0.172. The molecule has 192 valence electrons. The van der Waals surface area contributed by atoms with Crippen LogP contribution in [0.2, 0.25) is 0 Å². The van der Waals surface area contributed by atoms with Crippen molar-refractivity contribution in [3.63, 3.8) is 0 Å². The van der Waals surface area contributed by atoms with Crippen LogP contribution < -0.4 is 14.9 Å². The Morgan fingerprint density at radius 1 is 1.13 bits per heavy atom. The van der Waals surface area contributed by atoms with Crippen molar-refractivity contribution >= 4 is 29.4 Å². The number of benzene rings is 2. The zero-order valence-electron chi connectivity index (χ0n) is 20.9. The highest BCUT2D eigenvalue weighted by molar-refractivity contribution is 7.07. The average molecular weight is 529 g/mol. The molecule has 9 heteroatoms. The van der Waals surface area contributed by atoms with Gasteiger partial charge in [-0.25, -0.2) is 14.6 Å². The zero-order chi connectivity index (χ0) is 27.0. The lowest BCUT2D eigenvalue weighted by Gasteiger charge is -2.24. The third-order valence-corrected chi connectivity index (χ3v) is 7.25. The fourth-order valence-corrected chi connectivity index (χ4v) is 5.55. The molecular formula is C29H24N2O6S. The summed E-state index contributed by atoms with van der Waals surface area (Å²) in [5, 5.41) is 9.22. The highest BCUT2D eigenvalue weighted by Gasteiger charge is 2.33. The van der Waals surface area contributed by atoms with E-state index in [1.165, 1.54) is 22.0 Å². The van der Waals surface area contributed by atoms with Crippen LogP contribution in [-0.2, 0) is 9.53 Å². The molecule has 2 aromatic heterocycles. The molecule has 0 saturated carbocycles. The average Bonchev–Trinajstić information content (AvgIpc) is 3.48. The molecule has 1 N–H and O–H groups in total. The number of hydrogen-bond donors (Lipinski definition) is 1. The molecule has 1 aliphatic rings. The van der Waals surface area contributed by atoms with Gasteiger partial charge in [-0.1, -0.05) is 47.7 Å². The molecule has 0 bridgehead atoms. The SMILES string of the molecule is CCOC(=O)C1=C(C)N=c2sc(=Cc3ccc(-c4ccc(C(=O)O)cc4C)o3)c(=O)n2[C@H]1c1ccccc1. The van der Waals surface area contributed by atoms with Crippen molar-refractivity contribution in [3.05, 3.63) is 114 Å². The summed E-state index contributed by atoms with van der Waals surface area (Å²) in [6.07, 6.45) is 1.65. The van der Waals surface area contributed by atoms with Crippen LogP contribution in [0, 0.1) is 6.92 Å². The molecule has 0 fully saturated rings. The zero-order valence-corrected chi connectivity index (χ0v) is 21.7. The van der Waals surface area contributed by atoms with Gasteiger partial charge in [0.15, 0.2) is 4.80 Å². The van der Waals surface area contributed by atoms with Crippen molar-refractivity contribution in [1.82, 2.24) is 4.57 Å². The van der Waals surface area contributed by atoms with Gasteiger partial charge in [0, 0.05) is 11.6 Å². The van der Waals surface area contributed by atoms with Gasteiger partial charge in [-0.05, 0) is 56.2 Å². The van der Waals surface area contributed by atoms with Gasteiger partial charge >= 0.3 is 11.9 Å². The molecule has 1 atom stereocenters. The van der Waals surface area contributed by atoms with E-state index in [0.717, 1.165) is 16.7 Å². The summed E-state index contributed by atoms with van der Waals surface area (Å²) < 4.78 is 13.3. The fourth-order valence-electron chi connectivity index (χ4n) is 4.52. The minimum atomic E-state index is -0.995. The molecule has 4 aromatic rings. The second kappa shape index (κ2) is 10.1. The van der Waals surface area contributed by atoms with E-state index in [1.54, 1.807) is 44.2 Å². The van der Waals surface area contributed by atoms with E-state index in [4.69, 9.17) is 9.15 Å². The van der Waals surface area contributed by atoms with Crippen molar-refractivity contribution in [2.45, 2.75) is 26.8 Å². The number of allylic oxidation sites excluding steroid dienone is 1. The van der Waals surface area contributed by atoms with Gasteiger partial charge in [0.05, 0.1) is 34.0 Å². The van der Waals surface area contributed by atoms with Crippen molar-refractivity contribution < 1.29 is 23.8 Å². The maximum atomic E-state index is 13.7. The monoisotopic (exact) mass is 528 g/mol. The summed E-state index contributed by atoms with van der Waals surface area (Å²) >= 11 is 1.22. The van der Waals surface area contributed by atoms with Crippen LogP contribution in [0.4, 0.5) is 0 Å².